The van der Waals surface area contributed by atoms with Gasteiger partial charge in [0.15, 0.2) is 0 Å². The van der Waals surface area contributed by atoms with Crippen LogP contribution in [0.15, 0.2) is 30.3 Å². The molecular formula is C27H34ClNO3. The third-order valence-corrected chi connectivity index (χ3v) is 8.52. The lowest BCUT2D eigenvalue weighted by Gasteiger charge is -2.37. The zero-order valence-electron chi connectivity index (χ0n) is 18.9. The van der Waals surface area contributed by atoms with Crippen molar-refractivity contribution < 1.29 is 14.6 Å². The van der Waals surface area contributed by atoms with Crippen molar-refractivity contribution in [1.29, 1.82) is 0 Å². The summed E-state index contributed by atoms with van der Waals surface area (Å²) in [7, 11) is 0. The Bertz CT molecular complexity index is 970. The molecule has 0 spiro atoms. The molecule has 2 bridgehead atoms. The molecular weight excluding hydrogens is 422 g/mol. The highest BCUT2D eigenvalue weighted by Crippen LogP contribution is 2.39. The molecule has 2 aromatic carbocycles. The second-order valence-electron chi connectivity index (χ2n) is 10.3. The predicted molar refractivity (Wildman–Crippen MR) is 129 cm³/mol. The van der Waals surface area contributed by atoms with Gasteiger partial charge in [0, 0.05) is 24.0 Å². The first-order valence-electron chi connectivity index (χ1n) is 12.3. The molecule has 3 fully saturated rings. The van der Waals surface area contributed by atoms with Gasteiger partial charge in [0.05, 0.1) is 17.0 Å². The smallest absolute Gasteiger partial charge is 0.306 e. The molecule has 0 aromatic heterocycles. The molecule has 1 N–H and O–H groups in total. The van der Waals surface area contributed by atoms with Crippen molar-refractivity contribution in [3.05, 3.63) is 40.9 Å². The van der Waals surface area contributed by atoms with Crippen LogP contribution in [0.3, 0.4) is 0 Å². The minimum Gasteiger partial charge on any atom is -0.489 e. The van der Waals surface area contributed by atoms with Gasteiger partial charge in [-0.05, 0) is 86.8 Å². The molecule has 0 amide bonds. The highest BCUT2D eigenvalue weighted by atomic mass is 35.5. The van der Waals surface area contributed by atoms with Gasteiger partial charge in [0.2, 0.25) is 0 Å². The Morgan fingerprint density at radius 1 is 1.06 bits per heavy atom. The van der Waals surface area contributed by atoms with E-state index in [1.165, 1.54) is 18.4 Å². The molecule has 5 rings (SSSR count). The highest BCUT2D eigenvalue weighted by Gasteiger charge is 2.42. The zero-order valence-corrected chi connectivity index (χ0v) is 19.7. The van der Waals surface area contributed by atoms with Crippen molar-refractivity contribution in [2.45, 2.75) is 82.9 Å². The number of rotatable bonds is 6. The van der Waals surface area contributed by atoms with Crippen molar-refractivity contribution in [2.75, 3.05) is 6.54 Å². The van der Waals surface area contributed by atoms with Gasteiger partial charge in [0.1, 0.15) is 5.75 Å². The maximum atomic E-state index is 11.4. The van der Waals surface area contributed by atoms with Crippen molar-refractivity contribution >= 4 is 28.3 Å². The summed E-state index contributed by atoms with van der Waals surface area (Å²) in [6.07, 6.45) is 9.78. The summed E-state index contributed by atoms with van der Waals surface area (Å²) in [4.78, 5) is 14.0. The van der Waals surface area contributed by atoms with Crippen molar-refractivity contribution in [3.8, 4) is 5.75 Å². The highest BCUT2D eigenvalue weighted by molar-refractivity contribution is 6.37. The fourth-order valence-corrected chi connectivity index (χ4v) is 6.45. The molecule has 2 heterocycles. The Morgan fingerprint density at radius 2 is 1.75 bits per heavy atom. The van der Waals surface area contributed by atoms with E-state index in [1.54, 1.807) is 0 Å². The summed E-state index contributed by atoms with van der Waals surface area (Å²) < 4.78 is 6.32. The SMILES string of the molecule is CC1CCC(Oc2ccc3ccc(CCN4C5CCC4CC(C(=O)O)C5)cc3c2Cl)CC1. The molecule has 2 aliphatic heterocycles. The summed E-state index contributed by atoms with van der Waals surface area (Å²) in [5.74, 6) is 0.833. The Morgan fingerprint density at radius 3 is 2.44 bits per heavy atom. The maximum Gasteiger partial charge on any atom is 0.306 e. The fourth-order valence-electron chi connectivity index (χ4n) is 6.18. The van der Waals surface area contributed by atoms with E-state index in [9.17, 15) is 9.90 Å². The number of fused-ring (bicyclic) bond motifs is 3. The van der Waals surface area contributed by atoms with Gasteiger partial charge < -0.3 is 9.84 Å². The van der Waals surface area contributed by atoms with Crippen LogP contribution < -0.4 is 4.74 Å². The van der Waals surface area contributed by atoms with Crippen LogP contribution in [0.5, 0.6) is 5.75 Å². The molecule has 1 aliphatic carbocycles. The van der Waals surface area contributed by atoms with Crippen LogP contribution in [0, 0.1) is 11.8 Å². The van der Waals surface area contributed by atoms with Gasteiger partial charge in [-0.2, -0.15) is 0 Å². The van der Waals surface area contributed by atoms with Gasteiger partial charge in [0.25, 0.3) is 0 Å². The lowest BCUT2D eigenvalue weighted by Crippen LogP contribution is -2.45. The number of benzene rings is 2. The standard InChI is InChI=1S/C27H34ClNO3/c1-17-2-9-23(10-3-17)32-25-11-6-19-5-4-18(14-24(19)26(25)28)12-13-29-21-7-8-22(29)16-20(15-21)27(30)31/h4-6,11,14,17,20-23H,2-3,7-10,12-13,15-16H2,1H3,(H,30,31). The first kappa shape index (κ1) is 22.0. The Balaban J connectivity index is 1.27. The maximum absolute atomic E-state index is 11.4. The first-order valence-corrected chi connectivity index (χ1v) is 12.7. The molecule has 1 saturated carbocycles. The molecule has 2 aromatic rings. The van der Waals surface area contributed by atoms with Crippen LogP contribution in [0.1, 0.15) is 63.9 Å². The number of piperidine rings is 1. The first-order chi connectivity index (χ1) is 15.5. The lowest BCUT2D eigenvalue weighted by molar-refractivity contribution is -0.144. The summed E-state index contributed by atoms with van der Waals surface area (Å²) in [6.45, 7) is 3.31. The van der Waals surface area contributed by atoms with Crippen LogP contribution in [-0.2, 0) is 11.2 Å². The summed E-state index contributed by atoms with van der Waals surface area (Å²) >= 11 is 6.82. The minimum atomic E-state index is -0.619. The third kappa shape index (κ3) is 4.49. The minimum absolute atomic E-state index is 0.158. The predicted octanol–water partition coefficient (Wildman–Crippen LogP) is 6.32. The fraction of sp³-hybridized carbons (Fsp3) is 0.593. The molecule has 172 valence electrons. The van der Waals surface area contributed by atoms with Crippen LogP contribution in [0.25, 0.3) is 10.8 Å². The van der Waals surface area contributed by atoms with E-state index in [0.717, 1.165) is 79.0 Å². The van der Waals surface area contributed by atoms with Gasteiger partial charge >= 0.3 is 5.97 Å². The second-order valence-corrected chi connectivity index (χ2v) is 10.7. The average molecular weight is 456 g/mol. The number of aliphatic carboxylic acids is 1. The second kappa shape index (κ2) is 9.23. The lowest BCUT2D eigenvalue weighted by atomic mass is 9.89. The number of carboxylic acids is 1. The number of ether oxygens (including phenoxy) is 1. The Kier molecular flexibility index (Phi) is 6.35. The molecule has 4 nitrogen and oxygen atoms in total. The normalized spacial score (nSPS) is 30.5. The molecule has 2 atom stereocenters. The zero-order chi connectivity index (χ0) is 22.2. The number of nitrogens with zero attached hydrogens (tertiary/aromatic N) is 1. The van der Waals surface area contributed by atoms with E-state index in [-0.39, 0.29) is 12.0 Å². The molecule has 2 saturated heterocycles. The molecule has 32 heavy (non-hydrogen) atoms. The van der Waals surface area contributed by atoms with Crippen molar-refractivity contribution in [2.24, 2.45) is 11.8 Å². The summed E-state index contributed by atoms with van der Waals surface area (Å²) in [5.41, 5.74) is 1.28. The largest absolute Gasteiger partial charge is 0.489 e. The number of halogens is 1. The van der Waals surface area contributed by atoms with Gasteiger partial charge in [-0.1, -0.05) is 36.7 Å². The summed E-state index contributed by atoms with van der Waals surface area (Å²) in [6, 6.07) is 11.6. The summed E-state index contributed by atoms with van der Waals surface area (Å²) in [5, 5.41) is 12.4. The van der Waals surface area contributed by atoms with Crippen molar-refractivity contribution in [3.63, 3.8) is 0 Å². The topological polar surface area (TPSA) is 49.8 Å². The van der Waals surface area contributed by atoms with Crippen LogP contribution in [0.4, 0.5) is 0 Å². The van der Waals surface area contributed by atoms with Gasteiger partial charge in [-0.15, -0.1) is 0 Å². The molecule has 0 radical (unpaired) electrons. The van der Waals surface area contributed by atoms with Crippen LogP contribution in [-0.4, -0.2) is 40.7 Å². The number of carboxylic acid groups (broad SMARTS) is 1. The number of hydrogen-bond acceptors (Lipinski definition) is 3. The third-order valence-electron chi connectivity index (χ3n) is 8.13. The average Bonchev–Trinajstić information content (AvgIpc) is 3.02. The van der Waals surface area contributed by atoms with E-state index < -0.39 is 5.97 Å². The van der Waals surface area contributed by atoms with E-state index in [0.29, 0.717) is 12.1 Å². The molecule has 3 aliphatic rings. The molecule has 5 heteroatoms. The van der Waals surface area contributed by atoms with E-state index in [1.807, 2.05) is 6.07 Å². The quantitative estimate of drug-likeness (QED) is 0.553. The van der Waals surface area contributed by atoms with Crippen molar-refractivity contribution in [1.82, 2.24) is 4.90 Å². The number of hydrogen-bond donors (Lipinski definition) is 1. The van der Waals surface area contributed by atoms with E-state index in [4.69, 9.17) is 16.3 Å². The Hall–Kier alpha value is -1.78. The molecule has 2 unspecified atom stereocenters. The number of carbonyl (C=O) groups is 1. The van der Waals surface area contributed by atoms with Gasteiger partial charge in [-0.3, -0.25) is 9.69 Å². The van der Waals surface area contributed by atoms with Crippen LogP contribution in [0.2, 0.25) is 5.02 Å². The van der Waals surface area contributed by atoms with Crippen LogP contribution >= 0.6 is 11.6 Å². The van der Waals surface area contributed by atoms with E-state index >= 15 is 0 Å². The van der Waals surface area contributed by atoms with Gasteiger partial charge in [-0.25, -0.2) is 0 Å². The Labute approximate surface area is 195 Å². The monoisotopic (exact) mass is 455 g/mol. The van der Waals surface area contributed by atoms with E-state index in [2.05, 4.69) is 36.1 Å².